The minimum Gasteiger partial charge on any atom is -0.373 e. The maximum absolute atomic E-state index is 12.5. The monoisotopic (exact) mass is 362 g/mol. The van der Waals surface area contributed by atoms with Crippen LogP contribution >= 0.6 is 0 Å². The maximum Gasteiger partial charge on any atom is 0.216 e. The van der Waals surface area contributed by atoms with Crippen molar-refractivity contribution in [2.24, 2.45) is 4.99 Å². The van der Waals surface area contributed by atoms with Gasteiger partial charge in [-0.2, -0.15) is 4.31 Å². The Hall–Kier alpha value is -0.860. The largest absolute Gasteiger partial charge is 0.373 e. The number of guanidine groups is 1. The molecule has 1 rings (SSSR count). The first-order valence-corrected chi connectivity index (χ1v) is 10.6. The van der Waals surface area contributed by atoms with Crippen LogP contribution in [0.5, 0.6) is 0 Å². The molecule has 0 aliphatic carbocycles. The molecule has 1 fully saturated rings. The first kappa shape index (κ1) is 21.2. The van der Waals surface area contributed by atoms with Crippen LogP contribution in [-0.2, 0) is 14.8 Å². The normalized spacial score (nSPS) is 23.2. The van der Waals surface area contributed by atoms with Crippen LogP contribution in [0.2, 0.25) is 0 Å². The summed E-state index contributed by atoms with van der Waals surface area (Å²) in [5.41, 5.74) is 0. The van der Waals surface area contributed by atoms with Gasteiger partial charge in [0.25, 0.3) is 0 Å². The molecular weight excluding hydrogens is 328 g/mol. The van der Waals surface area contributed by atoms with Crippen LogP contribution < -0.4 is 10.6 Å². The zero-order chi connectivity index (χ0) is 18.0. The first-order valence-electron chi connectivity index (χ1n) is 9.04. The smallest absolute Gasteiger partial charge is 0.216 e. The zero-order valence-electron chi connectivity index (χ0n) is 15.5. The molecule has 1 saturated heterocycles. The summed E-state index contributed by atoms with van der Waals surface area (Å²) in [4.78, 5) is 4.47. The molecule has 2 N–H and O–H groups in total. The Bertz CT molecular complexity index is 472. The fourth-order valence-corrected chi connectivity index (χ4v) is 4.17. The van der Waals surface area contributed by atoms with Crippen LogP contribution in [0.1, 0.15) is 47.0 Å². The number of hydrogen-bond acceptors (Lipinski definition) is 4. The number of rotatable bonds is 9. The standard InChI is InChI=1S/C16H34N4O3S/c1-5-7-8-9-18-16(17-6-2)19-10-11-24(21,22)20-12-14(3)23-15(4)13-20/h14-15H,5-13H2,1-4H3,(H2,17,18,19). The molecule has 0 radical (unpaired) electrons. The van der Waals surface area contributed by atoms with Crippen LogP contribution in [0, 0.1) is 0 Å². The lowest BCUT2D eigenvalue weighted by atomic mass is 10.2. The van der Waals surface area contributed by atoms with Crippen LogP contribution in [-0.4, -0.2) is 69.4 Å². The Morgan fingerprint density at radius 3 is 2.42 bits per heavy atom. The van der Waals surface area contributed by atoms with Gasteiger partial charge in [-0.1, -0.05) is 19.8 Å². The topological polar surface area (TPSA) is 83.0 Å². The van der Waals surface area contributed by atoms with E-state index in [0.717, 1.165) is 32.4 Å². The summed E-state index contributed by atoms with van der Waals surface area (Å²) in [6.07, 6.45) is 3.25. The highest BCUT2D eigenvalue weighted by molar-refractivity contribution is 7.89. The van der Waals surface area contributed by atoms with E-state index in [0.29, 0.717) is 25.6 Å². The van der Waals surface area contributed by atoms with Gasteiger partial charge in [0.15, 0.2) is 5.96 Å². The summed E-state index contributed by atoms with van der Waals surface area (Å²) in [6.45, 7) is 10.7. The number of ether oxygens (including phenoxy) is 1. The van der Waals surface area contributed by atoms with Crippen LogP contribution in [0.3, 0.4) is 0 Å². The molecule has 2 unspecified atom stereocenters. The van der Waals surface area contributed by atoms with Gasteiger partial charge in [0, 0.05) is 32.7 Å². The molecule has 8 heteroatoms. The number of aliphatic imine (C=N–C) groups is 1. The predicted molar refractivity (Wildman–Crippen MR) is 98.9 cm³/mol. The van der Waals surface area contributed by atoms with Gasteiger partial charge in [-0.25, -0.2) is 8.42 Å². The number of morpholine rings is 1. The van der Waals surface area contributed by atoms with Gasteiger partial charge in [-0.15, -0.1) is 0 Å². The van der Waals surface area contributed by atoms with Crippen LogP contribution in [0.25, 0.3) is 0 Å². The molecular formula is C16H34N4O3S. The molecule has 1 heterocycles. The predicted octanol–water partition coefficient (Wildman–Crippen LogP) is 1.17. The van der Waals surface area contributed by atoms with Gasteiger partial charge < -0.3 is 15.4 Å². The molecule has 0 amide bonds. The van der Waals surface area contributed by atoms with Crippen molar-refractivity contribution >= 4 is 16.0 Å². The Morgan fingerprint density at radius 2 is 1.83 bits per heavy atom. The Balaban J connectivity index is 2.47. The summed E-state index contributed by atoms with van der Waals surface area (Å²) in [6, 6.07) is 0. The summed E-state index contributed by atoms with van der Waals surface area (Å²) in [7, 11) is -3.28. The third-order valence-electron chi connectivity index (χ3n) is 3.81. The third kappa shape index (κ3) is 7.81. The highest BCUT2D eigenvalue weighted by Gasteiger charge is 2.30. The number of sulfonamides is 1. The Morgan fingerprint density at radius 1 is 1.17 bits per heavy atom. The summed E-state index contributed by atoms with van der Waals surface area (Å²) in [5.74, 6) is 0.749. The third-order valence-corrected chi connectivity index (χ3v) is 5.61. The molecule has 24 heavy (non-hydrogen) atoms. The van der Waals surface area contributed by atoms with Crippen molar-refractivity contribution in [3.05, 3.63) is 0 Å². The SMILES string of the molecule is CCCCCN=C(NCC)NCCS(=O)(=O)N1CC(C)OC(C)C1. The highest BCUT2D eigenvalue weighted by atomic mass is 32.2. The van der Waals surface area contributed by atoms with Crippen molar-refractivity contribution in [3.63, 3.8) is 0 Å². The molecule has 0 spiro atoms. The zero-order valence-corrected chi connectivity index (χ0v) is 16.4. The van der Waals surface area contributed by atoms with Crippen molar-refractivity contribution < 1.29 is 13.2 Å². The summed E-state index contributed by atoms with van der Waals surface area (Å²) in [5, 5.41) is 6.27. The van der Waals surface area contributed by atoms with Gasteiger partial charge in [0.1, 0.15) is 0 Å². The van der Waals surface area contributed by atoms with E-state index in [1.54, 1.807) is 4.31 Å². The molecule has 0 aromatic carbocycles. The summed E-state index contributed by atoms with van der Waals surface area (Å²) >= 11 is 0. The molecule has 0 bridgehead atoms. The number of nitrogens with one attached hydrogen (secondary N) is 2. The van der Waals surface area contributed by atoms with E-state index in [9.17, 15) is 8.42 Å². The van der Waals surface area contributed by atoms with E-state index >= 15 is 0 Å². The fourth-order valence-electron chi connectivity index (χ4n) is 2.68. The molecule has 2 atom stereocenters. The van der Waals surface area contributed by atoms with E-state index in [1.807, 2.05) is 20.8 Å². The van der Waals surface area contributed by atoms with Crippen LogP contribution in [0.15, 0.2) is 4.99 Å². The average Bonchev–Trinajstić information content (AvgIpc) is 2.50. The van der Waals surface area contributed by atoms with Gasteiger partial charge in [0.2, 0.25) is 10.0 Å². The van der Waals surface area contributed by atoms with Gasteiger partial charge >= 0.3 is 0 Å². The average molecular weight is 363 g/mol. The molecule has 0 saturated carbocycles. The van der Waals surface area contributed by atoms with E-state index in [-0.39, 0.29) is 18.0 Å². The molecule has 0 aromatic rings. The van der Waals surface area contributed by atoms with Crippen molar-refractivity contribution in [2.45, 2.75) is 59.2 Å². The lowest BCUT2D eigenvalue weighted by molar-refractivity contribution is -0.0440. The second-order valence-corrected chi connectivity index (χ2v) is 8.37. The quantitative estimate of drug-likeness (QED) is 0.365. The Labute approximate surface area is 147 Å². The number of hydrogen-bond donors (Lipinski definition) is 2. The van der Waals surface area contributed by atoms with E-state index in [1.165, 1.54) is 0 Å². The lowest BCUT2D eigenvalue weighted by Gasteiger charge is -2.34. The van der Waals surface area contributed by atoms with Crippen molar-refractivity contribution in [1.29, 1.82) is 0 Å². The lowest BCUT2D eigenvalue weighted by Crippen LogP contribution is -2.50. The van der Waals surface area contributed by atoms with Gasteiger partial charge in [-0.3, -0.25) is 4.99 Å². The molecule has 1 aliphatic heterocycles. The summed E-state index contributed by atoms with van der Waals surface area (Å²) < 4.78 is 32.1. The first-order chi connectivity index (χ1) is 11.4. The van der Waals surface area contributed by atoms with Crippen molar-refractivity contribution in [2.75, 3.05) is 38.5 Å². The van der Waals surface area contributed by atoms with E-state index in [4.69, 9.17) is 4.74 Å². The fraction of sp³-hybridized carbons (Fsp3) is 0.938. The molecule has 1 aliphatic rings. The van der Waals surface area contributed by atoms with Crippen molar-refractivity contribution in [3.8, 4) is 0 Å². The Kier molecular flexibility index (Phi) is 9.61. The second-order valence-electron chi connectivity index (χ2n) is 6.28. The molecule has 0 aromatic heterocycles. The number of nitrogens with zero attached hydrogens (tertiary/aromatic N) is 2. The van der Waals surface area contributed by atoms with E-state index < -0.39 is 10.0 Å². The second kappa shape index (κ2) is 10.9. The number of unbranched alkanes of at least 4 members (excludes halogenated alkanes) is 2. The molecule has 142 valence electrons. The molecule has 7 nitrogen and oxygen atoms in total. The maximum atomic E-state index is 12.5. The van der Waals surface area contributed by atoms with Gasteiger partial charge in [-0.05, 0) is 27.2 Å². The minimum atomic E-state index is -3.28. The highest BCUT2D eigenvalue weighted by Crippen LogP contribution is 2.14. The van der Waals surface area contributed by atoms with E-state index in [2.05, 4.69) is 22.5 Å². The minimum absolute atomic E-state index is 0.0612. The van der Waals surface area contributed by atoms with Gasteiger partial charge in [0.05, 0.1) is 18.0 Å². The van der Waals surface area contributed by atoms with Crippen molar-refractivity contribution in [1.82, 2.24) is 14.9 Å². The van der Waals surface area contributed by atoms with Crippen LogP contribution in [0.4, 0.5) is 0 Å².